The van der Waals surface area contributed by atoms with Crippen molar-refractivity contribution >= 4 is 11.8 Å². The Kier molecular flexibility index (Phi) is 2.24. The highest BCUT2D eigenvalue weighted by molar-refractivity contribution is 8.00. The van der Waals surface area contributed by atoms with Crippen LogP contribution in [0, 0.1) is 5.92 Å². The summed E-state index contributed by atoms with van der Waals surface area (Å²) in [5.41, 5.74) is 0. The molecule has 0 aromatic heterocycles. The van der Waals surface area contributed by atoms with Crippen molar-refractivity contribution in [3.05, 3.63) is 0 Å². The van der Waals surface area contributed by atoms with Crippen LogP contribution < -0.4 is 0 Å². The van der Waals surface area contributed by atoms with Gasteiger partial charge in [-0.3, -0.25) is 0 Å². The minimum atomic E-state index is 0.981. The largest absolute Gasteiger partial charge is 0.158 e. The van der Waals surface area contributed by atoms with E-state index in [0.29, 0.717) is 0 Å². The van der Waals surface area contributed by atoms with Crippen molar-refractivity contribution in [1.29, 1.82) is 0 Å². The lowest BCUT2D eigenvalue weighted by molar-refractivity contribution is 0.554. The lowest BCUT2D eigenvalue weighted by Crippen LogP contribution is -2.04. The van der Waals surface area contributed by atoms with Gasteiger partial charge in [-0.25, -0.2) is 0 Å². The number of hydrogen-bond donors (Lipinski definition) is 0. The van der Waals surface area contributed by atoms with Gasteiger partial charge >= 0.3 is 0 Å². The van der Waals surface area contributed by atoms with Gasteiger partial charge in [0.15, 0.2) is 0 Å². The summed E-state index contributed by atoms with van der Waals surface area (Å²) in [6, 6.07) is 0. The van der Waals surface area contributed by atoms with Crippen LogP contribution >= 0.6 is 11.8 Å². The average Bonchev–Trinajstić information content (AvgIpc) is 2.14. The molecule has 48 valence electrons. The molecule has 0 unspecified atom stereocenters. The molecule has 0 N–H and O–H groups in total. The molecule has 8 heavy (non-hydrogen) atoms. The molecule has 0 amide bonds. The highest BCUT2D eigenvalue weighted by atomic mass is 32.2. The molecule has 0 aromatic rings. The normalized spacial score (nSPS) is 38.2. The Hall–Kier alpha value is 0.350. The lowest BCUT2D eigenvalue weighted by Gasteiger charge is -2.09. The molecule has 1 rings (SSSR count). The molecule has 1 fully saturated rings. The topological polar surface area (TPSA) is 0 Å². The standard InChI is InChI=1S/C7H14S/c1-3-7-6(2)4-5-8-7/h6-7H,3-5H2,1-2H3/t6-,7+/m1/s1. The quantitative estimate of drug-likeness (QED) is 0.525. The summed E-state index contributed by atoms with van der Waals surface area (Å²) in [7, 11) is 0. The zero-order valence-corrected chi connectivity index (χ0v) is 6.50. The molecule has 2 atom stereocenters. The van der Waals surface area contributed by atoms with Crippen molar-refractivity contribution in [2.75, 3.05) is 5.75 Å². The third kappa shape index (κ3) is 1.19. The van der Waals surface area contributed by atoms with E-state index >= 15 is 0 Å². The number of thioether (sulfide) groups is 1. The summed E-state index contributed by atoms with van der Waals surface area (Å²) in [5, 5.41) is 0.981. The molecule has 1 saturated heterocycles. The molecule has 0 bridgehead atoms. The number of hydrogen-bond acceptors (Lipinski definition) is 1. The van der Waals surface area contributed by atoms with Gasteiger partial charge in [-0.2, -0.15) is 11.8 Å². The van der Waals surface area contributed by atoms with E-state index in [2.05, 4.69) is 25.6 Å². The highest BCUT2D eigenvalue weighted by Gasteiger charge is 2.21. The Morgan fingerprint density at radius 1 is 1.62 bits per heavy atom. The minimum absolute atomic E-state index is 0.981. The predicted octanol–water partition coefficient (Wildman–Crippen LogP) is 2.54. The molecular formula is C7H14S. The SMILES string of the molecule is CC[C@@H]1SCC[C@H]1C. The third-order valence-corrected chi connectivity index (χ3v) is 3.64. The van der Waals surface area contributed by atoms with Crippen molar-refractivity contribution in [1.82, 2.24) is 0 Å². The van der Waals surface area contributed by atoms with Gasteiger partial charge in [-0.15, -0.1) is 0 Å². The zero-order chi connectivity index (χ0) is 5.98. The van der Waals surface area contributed by atoms with Crippen LogP contribution in [0.3, 0.4) is 0 Å². The first-order chi connectivity index (χ1) is 3.84. The molecule has 0 nitrogen and oxygen atoms in total. The van der Waals surface area contributed by atoms with Crippen LogP contribution in [-0.4, -0.2) is 11.0 Å². The molecule has 1 heterocycles. The van der Waals surface area contributed by atoms with Crippen molar-refractivity contribution in [3.63, 3.8) is 0 Å². The van der Waals surface area contributed by atoms with Crippen LogP contribution in [-0.2, 0) is 0 Å². The van der Waals surface area contributed by atoms with Crippen LogP contribution in [0.5, 0.6) is 0 Å². The molecule has 1 heteroatoms. The van der Waals surface area contributed by atoms with Gasteiger partial charge in [0.25, 0.3) is 0 Å². The van der Waals surface area contributed by atoms with E-state index in [-0.39, 0.29) is 0 Å². The van der Waals surface area contributed by atoms with Crippen LogP contribution in [0.15, 0.2) is 0 Å². The van der Waals surface area contributed by atoms with Crippen molar-refractivity contribution in [2.24, 2.45) is 5.92 Å². The maximum Gasteiger partial charge on any atom is 0.00703 e. The first-order valence-corrected chi connectivity index (χ1v) is 4.51. The average molecular weight is 130 g/mol. The molecule has 0 aliphatic carbocycles. The van der Waals surface area contributed by atoms with Gasteiger partial charge < -0.3 is 0 Å². The Bertz CT molecular complexity index is 70.8. The second kappa shape index (κ2) is 2.77. The summed E-state index contributed by atoms with van der Waals surface area (Å²) in [5.74, 6) is 2.39. The second-order valence-corrected chi connectivity index (χ2v) is 3.93. The van der Waals surface area contributed by atoms with Gasteiger partial charge in [0.2, 0.25) is 0 Å². The van der Waals surface area contributed by atoms with Gasteiger partial charge in [0.05, 0.1) is 0 Å². The van der Waals surface area contributed by atoms with Crippen molar-refractivity contribution in [3.8, 4) is 0 Å². The highest BCUT2D eigenvalue weighted by Crippen LogP contribution is 2.33. The maximum atomic E-state index is 2.37. The van der Waals surface area contributed by atoms with E-state index in [4.69, 9.17) is 0 Å². The predicted molar refractivity (Wildman–Crippen MR) is 40.3 cm³/mol. The van der Waals surface area contributed by atoms with Crippen LogP contribution in [0.1, 0.15) is 26.7 Å². The fraction of sp³-hybridized carbons (Fsp3) is 1.00. The molecule has 0 spiro atoms. The fourth-order valence-electron chi connectivity index (χ4n) is 1.28. The summed E-state index contributed by atoms with van der Waals surface area (Å²) in [6.07, 6.45) is 2.81. The lowest BCUT2D eigenvalue weighted by atomic mass is 10.0. The zero-order valence-electron chi connectivity index (χ0n) is 5.68. The molecule has 0 saturated carbocycles. The van der Waals surface area contributed by atoms with Crippen molar-refractivity contribution in [2.45, 2.75) is 31.9 Å². The molecule has 0 aromatic carbocycles. The molecule has 1 aliphatic heterocycles. The molecule has 0 radical (unpaired) electrons. The summed E-state index contributed by atoms with van der Waals surface area (Å²) in [6.45, 7) is 4.66. The summed E-state index contributed by atoms with van der Waals surface area (Å²) in [4.78, 5) is 0. The van der Waals surface area contributed by atoms with Gasteiger partial charge in [-0.1, -0.05) is 13.8 Å². The van der Waals surface area contributed by atoms with E-state index < -0.39 is 0 Å². The van der Waals surface area contributed by atoms with E-state index in [1.165, 1.54) is 18.6 Å². The van der Waals surface area contributed by atoms with Crippen molar-refractivity contribution < 1.29 is 0 Å². The van der Waals surface area contributed by atoms with Crippen LogP contribution in [0.2, 0.25) is 0 Å². The van der Waals surface area contributed by atoms with Crippen LogP contribution in [0.25, 0.3) is 0 Å². The monoisotopic (exact) mass is 130 g/mol. The number of rotatable bonds is 1. The first kappa shape index (κ1) is 6.47. The van der Waals surface area contributed by atoms with E-state index in [1.807, 2.05) is 0 Å². The Morgan fingerprint density at radius 3 is 2.62 bits per heavy atom. The minimum Gasteiger partial charge on any atom is -0.158 e. The van der Waals surface area contributed by atoms with E-state index in [0.717, 1.165) is 11.2 Å². The summed E-state index contributed by atoms with van der Waals surface area (Å²) >= 11 is 2.15. The first-order valence-electron chi connectivity index (χ1n) is 3.46. The van der Waals surface area contributed by atoms with E-state index in [9.17, 15) is 0 Å². The second-order valence-electron chi connectivity index (χ2n) is 2.58. The third-order valence-electron chi connectivity index (χ3n) is 1.94. The Morgan fingerprint density at radius 2 is 2.38 bits per heavy atom. The Labute approximate surface area is 56.0 Å². The van der Waals surface area contributed by atoms with Gasteiger partial charge in [-0.05, 0) is 24.5 Å². The van der Waals surface area contributed by atoms with Crippen LogP contribution in [0.4, 0.5) is 0 Å². The summed E-state index contributed by atoms with van der Waals surface area (Å²) < 4.78 is 0. The van der Waals surface area contributed by atoms with E-state index in [1.54, 1.807) is 0 Å². The smallest absolute Gasteiger partial charge is 0.00703 e. The Balaban J connectivity index is 2.30. The molecular weight excluding hydrogens is 116 g/mol. The fourth-order valence-corrected chi connectivity index (χ4v) is 2.79. The molecule has 1 aliphatic rings. The van der Waals surface area contributed by atoms with Gasteiger partial charge in [0.1, 0.15) is 0 Å². The van der Waals surface area contributed by atoms with Gasteiger partial charge in [0, 0.05) is 5.25 Å². The maximum absolute atomic E-state index is 2.37.